The van der Waals surface area contributed by atoms with Crippen molar-refractivity contribution in [2.45, 2.75) is 44.2 Å². The molecule has 0 aromatic heterocycles. The number of carboxylic acid groups (broad SMARTS) is 1. The number of carboxylic acids is 1. The molecular weight excluding hydrogens is 274 g/mol. The summed E-state index contributed by atoms with van der Waals surface area (Å²) in [7, 11) is 0. The molecule has 21 heavy (non-hydrogen) atoms. The largest absolute Gasteiger partial charge is 0.481 e. The first-order valence-electron chi connectivity index (χ1n) is 7.64. The molecule has 3 rings (SSSR count). The summed E-state index contributed by atoms with van der Waals surface area (Å²) in [6.07, 6.45) is 3.50. The highest BCUT2D eigenvalue weighted by molar-refractivity contribution is 5.84. The highest BCUT2D eigenvalue weighted by atomic mass is 16.4. The van der Waals surface area contributed by atoms with E-state index in [4.69, 9.17) is 5.11 Å². The van der Waals surface area contributed by atoms with Crippen molar-refractivity contribution in [2.24, 2.45) is 11.8 Å². The average Bonchev–Trinajstić information content (AvgIpc) is 3.06. The van der Waals surface area contributed by atoms with E-state index < -0.39 is 5.97 Å². The molecule has 0 bridgehead atoms. The molecular formula is C14H21N3O4. The lowest BCUT2D eigenvalue weighted by Gasteiger charge is -2.36. The van der Waals surface area contributed by atoms with Crippen molar-refractivity contribution in [2.75, 3.05) is 13.1 Å². The Kier molecular flexibility index (Phi) is 3.73. The first-order chi connectivity index (χ1) is 10.1. The van der Waals surface area contributed by atoms with E-state index >= 15 is 0 Å². The highest BCUT2D eigenvalue weighted by Crippen LogP contribution is 2.29. The number of rotatable bonds is 2. The predicted octanol–water partition coefficient (Wildman–Crippen LogP) is 0.160. The molecule has 0 aromatic rings. The summed E-state index contributed by atoms with van der Waals surface area (Å²) in [5.41, 5.74) is 0. The number of likely N-dealkylation sites (tertiary alicyclic amines) is 1. The zero-order valence-electron chi connectivity index (χ0n) is 11.9. The van der Waals surface area contributed by atoms with Crippen LogP contribution in [0.3, 0.4) is 0 Å². The molecule has 2 saturated heterocycles. The quantitative estimate of drug-likeness (QED) is 0.676. The van der Waals surface area contributed by atoms with Gasteiger partial charge in [-0.05, 0) is 32.1 Å². The van der Waals surface area contributed by atoms with Crippen molar-refractivity contribution in [3.63, 3.8) is 0 Å². The molecule has 2 unspecified atom stereocenters. The number of nitrogens with one attached hydrogen (secondary N) is 2. The number of nitrogens with zero attached hydrogens (tertiary/aromatic N) is 1. The Morgan fingerprint density at radius 3 is 2.81 bits per heavy atom. The maximum atomic E-state index is 12.4. The fourth-order valence-corrected chi connectivity index (χ4v) is 3.80. The molecule has 0 aromatic carbocycles. The van der Waals surface area contributed by atoms with Gasteiger partial charge in [-0.25, -0.2) is 4.79 Å². The number of hydrogen-bond donors (Lipinski definition) is 3. The van der Waals surface area contributed by atoms with Gasteiger partial charge >= 0.3 is 12.0 Å². The molecule has 3 fully saturated rings. The maximum Gasteiger partial charge on any atom is 0.317 e. The van der Waals surface area contributed by atoms with E-state index in [1.165, 1.54) is 0 Å². The smallest absolute Gasteiger partial charge is 0.317 e. The van der Waals surface area contributed by atoms with Gasteiger partial charge in [-0.15, -0.1) is 0 Å². The molecule has 2 heterocycles. The van der Waals surface area contributed by atoms with E-state index in [0.29, 0.717) is 32.4 Å². The summed E-state index contributed by atoms with van der Waals surface area (Å²) in [5, 5.41) is 14.8. The van der Waals surface area contributed by atoms with Gasteiger partial charge in [-0.3, -0.25) is 9.59 Å². The highest BCUT2D eigenvalue weighted by Gasteiger charge is 2.43. The number of fused-ring (bicyclic) bond motifs is 1. The zero-order valence-corrected chi connectivity index (χ0v) is 11.9. The van der Waals surface area contributed by atoms with E-state index in [2.05, 4.69) is 10.6 Å². The second-order valence-corrected chi connectivity index (χ2v) is 6.25. The summed E-state index contributed by atoms with van der Waals surface area (Å²) in [6, 6.07) is -0.274. The third-order valence-corrected chi connectivity index (χ3v) is 4.97. The standard InChI is InChI=1S/C14H21N3O4/c18-12-10-2-1-5-17(11(10)7-15-12)14(21)16-9-4-3-8(6-9)13(19)20/h8-11H,1-7H2,(H,15,18)(H,16,21)(H,19,20)/t8-,9+,10?,11?/m1/s1. The Morgan fingerprint density at radius 2 is 2.10 bits per heavy atom. The molecule has 116 valence electrons. The fraction of sp³-hybridized carbons (Fsp3) is 0.786. The van der Waals surface area contributed by atoms with Crippen molar-refractivity contribution in [3.05, 3.63) is 0 Å². The number of amides is 3. The summed E-state index contributed by atoms with van der Waals surface area (Å²) in [4.78, 5) is 36.8. The molecule has 3 amide bonds. The van der Waals surface area contributed by atoms with Crippen molar-refractivity contribution in [1.82, 2.24) is 15.5 Å². The molecule has 3 N–H and O–H groups in total. The Bertz CT molecular complexity index is 467. The van der Waals surface area contributed by atoms with Gasteiger partial charge < -0.3 is 20.6 Å². The van der Waals surface area contributed by atoms with Crippen LogP contribution < -0.4 is 10.6 Å². The second kappa shape index (κ2) is 5.54. The summed E-state index contributed by atoms with van der Waals surface area (Å²) < 4.78 is 0. The first-order valence-corrected chi connectivity index (χ1v) is 7.64. The van der Waals surface area contributed by atoms with Gasteiger partial charge in [0.05, 0.1) is 17.9 Å². The van der Waals surface area contributed by atoms with Gasteiger partial charge in [0.25, 0.3) is 0 Å². The normalized spacial score (nSPS) is 35.2. The lowest BCUT2D eigenvalue weighted by molar-refractivity contribution is -0.141. The van der Waals surface area contributed by atoms with Crippen LogP contribution in [0.15, 0.2) is 0 Å². The monoisotopic (exact) mass is 295 g/mol. The minimum Gasteiger partial charge on any atom is -0.481 e. The SMILES string of the molecule is O=C1NCC2C1CCCN2C(=O)N[C@H]1CC[C@@H](C(=O)O)C1. The number of piperidine rings is 1. The van der Waals surface area contributed by atoms with Crippen LogP contribution in [0, 0.1) is 11.8 Å². The molecule has 4 atom stereocenters. The van der Waals surface area contributed by atoms with Gasteiger partial charge in [0.2, 0.25) is 5.91 Å². The Labute approximate surface area is 123 Å². The average molecular weight is 295 g/mol. The van der Waals surface area contributed by atoms with Crippen molar-refractivity contribution in [1.29, 1.82) is 0 Å². The van der Waals surface area contributed by atoms with Crippen LogP contribution in [0.5, 0.6) is 0 Å². The Hall–Kier alpha value is -1.79. The number of carbonyl (C=O) groups is 3. The van der Waals surface area contributed by atoms with Crippen LogP contribution in [0.25, 0.3) is 0 Å². The number of carbonyl (C=O) groups excluding carboxylic acids is 2. The molecule has 7 heteroatoms. The molecule has 1 aliphatic carbocycles. The molecule has 7 nitrogen and oxygen atoms in total. The zero-order chi connectivity index (χ0) is 15.0. The van der Waals surface area contributed by atoms with Gasteiger partial charge in [0.15, 0.2) is 0 Å². The molecule has 0 spiro atoms. The van der Waals surface area contributed by atoms with Crippen LogP contribution in [-0.2, 0) is 9.59 Å². The first kappa shape index (κ1) is 14.2. The molecule has 3 aliphatic rings. The van der Waals surface area contributed by atoms with Crippen LogP contribution in [0.1, 0.15) is 32.1 Å². The van der Waals surface area contributed by atoms with Gasteiger partial charge in [-0.2, -0.15) is 0 Å². The van der Waals surface area contributed by atoms with Crippen molar-refractivity contribution < 1.29 is 19.5 Å². The van der Waals surface area contributed by atoms with E-state index in [1.54, 1.807) is 4.90 Å². The summed E-state index contributed by atoms with van der Waals surface area (Å²) in [5.74, 6) is -1.17. The molecule has 2 aliphatic heterocycles. The van der Waals surface area contributed by atoms with Crippen LogP contribution in [-0.4, -0.2) is 53.1 Å². The van der Waals surface area contributed by atoms with E-state index in [1.807, 2.05) is 0 Å². The van der Waals surface area contributed by atoms with Gasteiger partial charge in [-0.1, -0.05) is 0 Å². The lowest BCUT2D eigenvalue weighted by atomic mass is 9.92. The predicted molar refractivity (Wildman–Crippen MR) is 73.5 cm³/mol. The van der Waals surface area contributed by atoms with E-state index in [9.17, 15) is 14.4 Å². The number of hydrogen-bond acceptors (Lipinski definition) is 3. The van der Waals surface area contributed by atoms with Crippen molar-refractivity contribution >= 4 is 17.9 Å². The van der Waals surface area contributed by atoms with E-state index in [-0.39, 0.29) is 35.9 Å². The summed E-state index contributed by atoms with van der Waals surface area (Å²) >= 11 is 0. The van der Waals surface area contributed by atoms with Crippen LogP contribution in [0.4, 0.5) is 4.79 Å². The minimum atomic E-state index is -0.782. The Morgan fingerprint density at radius 1 is 1.29 bits per heavy atom. The summed E-state index contributed by atoms with van der Waals surface area (Å²) in [6.45, 7) is 1.19. The topological polar surface area (TPSA) is 98.7 Å². The van der Waals surface area contributed by atoms with Crippen molar-refractivity contribution in [3.8, 4) is 0 Å². The number of aliphatic carboxylic acids is 1. The Balaban J connectivity index is 1.58. The number of urea groups is 1. The third-order valence-electron chi connectivity index (χ3n) is 4.97. The van der Waals surface area contributed by atoms with Gasteiger partial charge in [0.1, 0.15) is 0 Å². The second-order valence-electron chi connectivity index (χ2n) is 6.25. The molecule has 0 radical (unpaired) electrons. The maximum absolute atomic E-state index is 12.4. The fourth-order valence-electron chi connectivity index (χ4n) is 3.80. The third kappa shape index (κ3) is 2.69. The van der Waals surface area contributed by atoms with Crippen LogP contribution in [0.2, 0.25) is 0 Å². The lowest BCUT2D eigenvalue weighted by Crippen LogP contribution is -2.54. The van der Waals surface area contributed by atoms with Crippen LogP contribution >= 0.6 is 0 Å². The minimum absolute atomic E-state index is 0.0457. The van der Waals surface area contributed by atoms with Gasteiger partial charge in [0, 0.05) is 19.1 Å². The van der Waals surface area contributed by atoms with E-state index in [0.717, 1.165) is 12.8 Å². The molecule has 1 saturated carbocycles.